The molecule has 9 heteroatoms. The SMILES string of the molecule is COC(C)Oc1ccc(NC(=O)c2ccncc2)cc1-n1cnnn1. The molecule has 0 fully saturated rings. The molecular formula is C16H16N6O3. The molecule has 2 heterocycles. The summed E-state index contributed by atoms with van der Waals surface area (Å²) in [6.07, 6.45) is 4.11. The van der Waals surface area contributed by atoms with E-state index >= 15 is 0 Å². The lowest BCUT2D eigenvalue weighted by atomic mass is 10.2. The average Bonchev–Trinajstić information content (AvgIpc) is 3.18. The number of hydrogen-bond acceptors (Lipinski definition) is 7. The topological polar surface area (TPSA) is 104 Å². The molecule has 0 aliphatic rings. The molecule has 2 aromatic heterocycles. The summed E-state index contributed by atoms with van der Waals surface area (Å²) >= 11 is 0. The minimum Gasteiger partial charge on any atom is -0.463 e. The minimum atomic E-state index is -0.451. The Hall–Kier alpha value is -3.33. The number of methoxy groups -OCH3 is 1. The predicted molar refractivity (Wildman–Crippen MR) is 88.4 cm³/mol. The maximum atomic E-state index is 12.3. The highest BCUT2D eigenvalue weighted by molar-refractivity contribution is 6.04. The first kappa shape index (κ1) is 16.5. The second-order valence-electron chi connectivity index (χ2n) is 5.05. The van der Waals surface area contributed by atoms with E-state index in [0.29, 0.717) is 22.7 Å². The van der Waals surface area contributed by atoms with E-state index in [0.717, 1.165) is 0 Å². The van der Waals surface area contributed by atoms with Gasteiger partial charge in [-0.1, -0.05) is 0 Å². The molecule has 0 bridgehead atoms. The van der Waals surface area contributed by atoms with Crippen molar-refractivity contribution in [2.24, 2.45) is 0 Å². The van der Waals surface area contributed by atoms with Crippen LogP contribution >= 0.6 is 0 Å². The van der Waals surface area contributed by atoms with E-state index in [1.54, 1.807) is 56.8 Å². The number of tetrazole rings is 1. The number of amides is 1. The highest BCUT2D eigenvalue weighted by atomic mass is 16.7. The Morgan fingerprint density at radius 2 is 2.04 bits per heavy atom. The van der Waals surface area contributed by atoms with Crippen molar-refractivity contribution in [2.45, 2.75) is 13.2 Å². The Labute approximate surface area is 143 Å². The van der Waals surface area contributed by atoms with Crippen LogP contribution in [0.3, 0.4) is 0 Å². The fourth-order valence-corrected chi connectivity index (χ4v) is 2.08. The van der Waals surface area contributed by atoms with Crippen molar-refractivity contribution >= 4 is 11.6 Å². The molecule has 0 aliphatic heterocycles. The van der Waals surface area contributed by atoms with Crippen LogP contribution in [0.25, 0.3) is 5.69 Å². The monoisotopic (exact) mass is 340 g/mol. The lowest BCUT2D eigenvalue weighted by molar-refractivity contribution is -0.0383. The molecule has 1 N–H and O–H groups in total. The second-order valence-corrected chi connectivity index (χ2v) is 5.05. The molecule has 1 amide bonds. The van der Waals surface area contributed by atoms with Crippen LogP contribution in [0.4, 0.5) is 5.69 Å². The number of nitrogens with one attached hydrogen (secondary N) is 1. The van der Waals surface area contributed by atoms with Crippen LogP contribution in [0.5, 0.6) is 5.75 Å². The third-order valence-electron chi connectivity index (χ3n) is 3.38. The second kappa shape index (κ2) is 7.49. The first-order valence-corrected chi connectivity index (χ1v) is 7.45. The van der Waals surface area contributed by atoms with E-state index in [-0.39, 0.29) is 5.91 Å². The number of benzene rings is 1. The molecule has 0 spiro atoms. The third-order valence-corrected chi connectivity index (χ3v) is 3.38. The van der Waals surface area contributed by atoms with Crippen LogP contribution in [0.2, 0.25) is 0 Å². The summed E-state index contributed by atoms with van der Waals surface area (Å²) in [5.41, 5.74) is 1.65. The number of ether oxygens (including phenoxy) is 2. The number of carbonyl (C=O) groups is 1. The minimum absolute atomic E-state index is 0.246. The van der Waals surface area contributed by atoms with Crippen molar-refractivity contribution in [1.29, 1.82) is 0 Å². The largest absolute Gasteiger partial charge is 0.463 e. The van der Waals surface area contributed by atoms with Gasteiger partial charge in [0.05, 0.1) is 0 Å². The molecule has 0 saturated carbocycles. The van der Waals surface area contributed by atoms with Gasteiger partial charge in [0, 0.05) is 30.8 Å². The van der Waals surface area contributed by atoms with Gasteiger partial charge in [-0.25, -0.2) is 0 Å². The molecule has 3 rings (SSSR count). The lowest BCUT2D eigenvalue weighted by Crippen LogP contribution is -2.16. The number of nitrogens with zero attached hydrogens (tertiary/aromatic N) is 5. The van der Waals surface area contributed by atoms with Crippen LogP contribution in [0.15, 0.2) is 49.1 Å². The molecule has 1 atom stereocenters. The predicted octanol–water partition coefficient (Wildman–Crippen LogP) is 1.68. The Kier molecular flexibility index (Phi) is 4.95. The van der Waals surface area contributed by atoms with Gasteiger partial charge in [0.2, 0.25) is 0 Å². The number of rotatable bonds is 6. The maximum absolute atomic E-state index is 12.3. The summed E-state index contributed by atoms with van der Waals surface area (Å²) in [6, 6.07) is 8.43. The zero-order valence-electron chi connectivity index (χ0n) is 13.7. The van der Waals surface area contributed by atoms with Crippen molar-refractivity contribution in [1.82, 2.24) is 25.2 Å². The first-order chi connectivity index (χ1) is 12.2. The number of hydrogen-bond donors (Lipinski definition) is 1. The third kappa shape index (κ3) is 3.96. The van der Waals surface area contributed by atoms with Gasteiger partial charge in [0.1, 0.15) is 17.8 Å². The van der Waals surface area contributed by atoms with Crippen LogP contribution in [-0.4, -0.2) is 44.5 Å². The number of carbonyl (C=O) groups excluding carboxylic acids is 1. The van der Waals surface area contributed by atoms with Gasteiger partial charge in [0.25, 0.3) is 5.91 Å². The summed E-state index contributed by atoms with van der Waals surface area (Å²) in [4.78, 5) is 16.2. The van der Waals surface area contributed by atoms with E-state index in [1.165, 1.54) is 11.0 Å². The van der Waals surface area contributed by atoms with E-state index in [9.17, 15) is 4.79 Å². The molecule has 1 unspecified atom stereocenters. The molecule has 9 nitrogen and oxygen atoms in total. The number of pyridine rings is 1. The van der Waals surface area contributed by atoms with Gasteiger partial charge in [0.15, 0.2) is 6.29 Å². The molecule has 25 heavy (non-hydrogen) atoms. The van der Waals surface area contributed by atoms with E-state index in [4.69, 9.17) is 9.47 Å². The van der Waals surface area contributed by atoms with Gasteiger partial charge >= 0.3 is 0 Å². The molecule has 0 radical (unpaired) electrons. The summed E-state index contributed by atoms with van der Waals surface area (Å²) in [5, 5.41) is 13.9. The van der Waals surface area contributed by atoms with Gasteiger partial charge in [-0.2, -0.15) is 4.68 Å². The van der Waals surface area contributed by atoms with E-state index < -0.39 is 6.29 Å². The van der Waals surface area contributed by atoms with Crippen LogP contribution in [-0.2, 0) is 4.74 Å². The maximum Gasteiger partial charge on any atom is 0.255 e. The number of anilines is 1. The van der Waals surface area contributed by atoms with Crippen LogP contribution in [0, 0.1) is 0 Å². The number of aromatic nitrogens is 5. The molecule has 128 valence electrons. The molecule has 0 saturated heterocycles. The Morgan fingerprint density at radius 3 is 2.72 bits per heavy atom. The van der Waals surface area contributed by atoms with Crippen molar-refractivity contribution < 1.29 is 14.3 Å². The molecule has 3 aromatic rings. The highest BCUT2D eigenvalue weighted by Gasteiger charge is 2.13. The Balaban J connectivity index is 1.89. The van der Waals surface area contributed by atoms with Crippen LogP contribution < -0.4 is 10.1 Å². The highest BCUT2D eigenvalue weighted by Crippen LogP contribution is 2.27. The normalized spacial score (nSPS) is 11.8. The molecule has 1 aromatic carbocycles. The van der Waals surface area contributed by atoms with Crippen molar-refractivity contribution in [3.8, 4) is 11.4 Å². The fourth-order valence-electron chi connectivity index (χ4n) is 2.08. The van der Waals surface area contributed by atoms with E-state index in [2.05, 4.69) is 25.8 Å². The Morgan fingerprint density at radius 1 is 1.24 bits per heavy atom. The van der Waals surface area contributed by atoms with Crippen molar-refractivity contribution in [3.63, 3.8) is 0 Å². The Bertz CT molecular complexity index is 838. The van der Waals surface area contributed by atoms with E-state index in [1.807, 2.05) is 0 Å². The van der Waals surface area contributed by atoms with Crippen molar-refractivity contribution in [3.05, 3.63) is 54.6 Å². The average molecular weight is 340 g/mol. The zero-order chi connectivity index (χ0) is 17.6. The summed E-state index contributed by atoms with van der Waals surface area (Å²) < 4.78 is 12.3. The van der Waals surface area contributed by atoms with Gasteiger partial charge < -0.3 is 14.8 Å². The summed E-state index contributed by atoms with van der Waals surface area (Å²) in [5.74, 6) is 0.271. The van der Waals surface area contributed by atoms with Gasteiger partial charge in [-0.15, -0.1) is 5.10 Å². The fraction of sp³-hybridized carbons (Fsp3) is 0.188. The van der Waals surface area contributed by atoms with Crippen molar-refractivity contribution in [2.75, 3.05) is 12.4 Å². The van der Waals surface area contributed by atoms with Gasteiger partial charge in [-0.05, 0) is 47.7 Å². The van der Waals surface area contributed by atoms with Crippen LogP contribution in [0.1, 0.15) is 17.3 Å². The molecule has 0 aliphatic carbocycles. The lowest BCUT2D eigenvalue weighted by Gasteiger charge is -2.16. The van der Waals surface area contributed by atoms with Gasteiger partial charge in [-0.3, -0.25) is 9.78 Å². The summed E-state index contributed by atoms with van der Waals surface area (Å²) in [7, 11) is 1.55. The zero-order valence-corrected chi connectivity index (χ0v) is 13.7. The standard InChI is InChI=1S/C16H16N6O3/c1-11(24-2)25-15-4-3-13(9-14(15)22-10-18-20-21-22)19-16(23)12-5-7-17-8-6-12/h3-11H,1-2H3,(H,19,23). The summed E-state index contributed by atoms with van der Waals surface area (Å²) in [6.45, 7) is 1.77. The molecular weight excluding hydrogens is 324 g/mol. The quantitative estimate of drug-likeness (QED) is 0.681. The smallest absolute Gasteiger partial charge is 0.255 e. The first-order valence-electron chi connectivity index (χ1n) is 7.45.